The number of nitro benzene ring substituents is 2. The number of fused-ring (bicyclic) bond motifs is 1. The monoisotopic (exact) mass is 492 g/mol. The molecule has 32 heavy (non-hydrogen) atoms. The van der Waals surface area contributed by atoms with E-state index in [1.54, 1.807) is 30.3 Å². The average Bonchev–Trinajstić information content (AvgIpc) is 2.78. The zero-order valence-electron chi connectivity index (χ0n) is 16.2. The van der Waals surface area contributed by atoms with Crippen LogP contribution in [0, 0.1) is 20.2 Å². The molecule has 0 unspecified atom stereocenters. The van der Waals surface area contributed by atoms with Gasteiger partial charge in [0.25, 0.3) is 17.3 Å². The summed E-state index contributed by atoms with van der Waals surface area (Å²) in [6, 6.07) is 19.1. The number of rotatable bonds is 5. The summed E-state index contributed by atoms with van der Waals surface area (Å²) in [5.74, 6) is -0.598. The smallest absolute Gasteiger partial charge is 0.299 e. The molecule has 1 amide bonds. The molecule has 0 saturated carbocycles. The number of nitrogens with zero attached hydrogens (tertiary/aromatic N) is 3. The maximum Gasteiger partial charge on any atom is 0.299 e. The quantitative estimate of drug-likeness (QED) is 0.279. The van der Waals surface area contributed by atoms with Crippen LogP contribution >= 0.6 is 15.9 Å². The molecule has 9 nitrogen and oxygen atoms in total. The topological polar surface area (TPSA) is 128 Å². The van der Waals surface area contributed by atoms with Crippen LogP contribution in [-0.4, -0.2) is 20.7 Å². The lowest BCUT2D eigenvalue weighted by molar-refractivity contribution is -0.393. The van der Waals surface area contributed by atoms with Crippen molar-refractivity contribution >= 4 is 49.8 Å². The fraction of sp³-hybridized carbons (Fsp3) is 0. The first-order valence-electron chi connectivity index (χ1n) is 9.23. The molecule has 0 bridgehead atoms. The van der Waals surface area contributed by atoms with E-state index in [1.807, 2.05) is 24.3 Å². The van der Waals surface area contributed by atoms with E-state index in [1.165, 1.54) is 0 Å². The van der Waals surface area contributed by atoms with Crippen LogP contribution in [0.2, 0.25) is 0 Å². The number of nitrogens with one attached hydrogen (secondary N) is 1. The number of hydrogen-bond donors (Lipinski definition) is 1. The van der Waals surface area contributed by atoms with Gasteiger partial charge >= 0.3 is 0 Å². The Labute approximate surface area is 189 Å². The predicted octanol–water partition coefficient (Wildman–Crippen LogP) is 5.73. The molecule has 10 heteroatoms. The summed E-state index contributed by atoms with van der Waals surface area (Å²) in [5, 5.41) is 25.4. The number of anilines is 1. The van der Waals surface area contributed by atoms with E-state index in [0.29, 0.717) is 16.6 Å². The largest absolute Gasteiger partial charge is 0.316 e. The maximum atomic E-state index is 13.2. The molecule has 0 atom stereocenters. The minimum atomic E-state index is -0.777. The van der Waals surface area contributed by atoms with Crippen LogP contribution in [0.3, 0.4) is 0 Å². The van der Waals surface area contributed by atoms with E-state index >= 15 is 0 Å². The lowest BCUT2D eigenvalue weighted by Crippen LogP contribution is -2.14. The number of nitro groups is 2. The molecule has 1 aromatic heterocycles. The number of carbonyl (C=O) groups is 1. The van der Waals surface area contributed by atoms with Crippen LogP contribution in [0.4, 0.5) is 17.1 Å². The van der Waals surface area contributed by atoms with Crippen molar-refractivity contribution in [3.8, 4) is 11.3 Å². The van der Waals surface area contributed by atoms with Crippen LogP contribution in [-0.2, 0) is 0 Å². The molecule has 0 aliphatic carbocycles. The highest BCUT2D eigenvalue weighted by molar-refractivity contribution is 9.10. The van der Waals surface area contributed by atoms with Crippen molar-refractivity contribution in [2.24, 2.45) is 0 Å². The first-order chi connectivity index (χ1) is 15.3. The SMILES string of the molecule is O=C(Nc1ccc([N+](=O)[O-])cc1[N+](=O)[O-])c1cc(-c2ccc(Br)cc2)nc2ccccc12. The number of aromatic nitrogens is 1. The van der Waals surface area contributed by atoms with E-state index in [0.717, 1.165) is 28.2 Å². The second-order valence-corrected chi connectivity index (χ2v) is 7.66. The molecule has 3 aromatic carbocycles. The molecule has 1 heterocycles. The van der Waals surface area contributed by atoms with Gasteiger partial charge in [0.1, 0.15) is 5.69 Å². The molecule has 4 rings (SSSR count). The first kappa shape index (κ1) is 21.1. The Balaban J connectivity index is 1.79. The third-order valence-corrected chi connectivity index (χ3v) is 5.27. The molecule has 0 aliphatic heterocycles. The third-order valence-electron chi connectivity index (χ3n) is 4.74. The standard InChI is InChI=1S/C22H13BrN4O5/c23-14-7-5-13(6-8-14)20-12-17(16-3-1-2-4-18(16)24-20)22(28)25-19-10-9-15(26(29)30)11-21(19)27(31)32/h1-12H,(H,25,28). The van der Waals surface area contributed by atoms with Gasteiger partial charge in [-0.25, -0.2) is 4.98 Å². The second-order valence-electron chi connectivity index (χ2n) is 6.75. The highest BCUT2D eigenvalue weighted by Gasteiger charge is 2.22. The summed E-state index contributed by atoms with van der Waals surface area (Å²) in [7, 11) is 0. The molecule has 0 fully saturated rings. The van der Waals surface area contributed by atoms with E-state index in [4.69, 9.17) is 0 Å². The number of amides is 1. The zero-order chi connectivity index (χ0) is 22.8. The van der Waals surface area contributed by atoms with Crippen LogP contribution in [0.15, 0.2) is 77.3 Å². The summed E-state index contributed by atoms with van der Waals surface area (Å²) >= 11 is 3.38. The van der Waals surface area contributed by atoms with Crippen molar-refractivity contribution in [3.05, 3.63) is 103 Å². The average molecular weight is 493 g/mol. The zero-order valence-corrected chi connectivity index (χ0v) is 17.8. The molecule has 158 valence electrons. The molecule has 0 aliphatic rings. The number of carbonyl (C=O) groups excluding carboxylic acids is 1. The van der Waals surface area contributed by atoms with E-state index in [-0.39, 0.29) is 11.3 Å². The Hall–Kier alpha value is -4.18. The summed E-state index contributed by atoms with van der Waals surface area (Å²) in [5.41, 5.74) is 1.03. The van der Waals surface area contributed by atoms with Gasteiger partial charge in [-0.15, -0.1) is 0 Å². The fourth-order valence-electron chi connectivity index (χ4n) is 3.21. The van der Waals surface area contributed by atoms with Gasteiger partial charge in [0, 0.05) is 21.5 Å². The fourth-order valence-corrected chi connectivity index (χ4v) is 3.48. The Morgan fingerprint density at radius 1 is 0.906 bits per heavy atom. The van der Waals surface area contributed by atoms with Gasteiger partial charge in [-0.1, -0.05) is 46.3 Å². The van der Waals surface area contributed by atoms with Gasteiger partial charge in [0.2, 0.25) is 0 Å². The summed E-state index contributed by atoms with van der Waals surface area (Å²) in [4.78, 5) is 38.6. The van der Waals surface area contributed by atoms with Crippen molar-refractivity contribution in [2.75, 3.05) is 5.32 Å². The Morgan fingerprint density at radius 2 is 1.62 bits per heavy atom. The van der Waals surface area contributed by atoms with Crippen molar-refractivity contribution in [3.63, 3.8) is 0 Å². The molecule has 0 radical (unpaired) electrons. The Morgan fingerprint density at radius 3 is 2.31 bits per heavy atom. The van der Waals surface area contributed by atoms with Gasteiger partial charge in [0.05, 0.1) is 32.7 Å². The second kappa shape index (κ2) is 8.52. The minimum absolute atomic E-state index is 0.142. The maximum absolute atomic E-state index is 13.2. The van der Waals surface area contributed by atoms with Crippen molar-refractivity contribution in [1.29, 1.82) is 0 Å². The van der Waals surface area contributed by atoms with Crippen molar-refractivity contribution in [1.82, 2.24) is 4.98 Å². The van der Waals surface area contributed by atoms with Crippen LogP contribution < -0.4 is 5.32 Å². The number of benzene rings is 3. The molecule has 0 saturated heterocycles. The lowest BCUT2D eigenvalue weighted by atomic mass is 10.0. The lowest BCUT2D eigenvalue weighted by Gasteiger charge is -2.11. The number of hydrogen-bond acceptors (Lipinski definition) is 6. The van der Waals surface area contributed by atoms with E-state index in [2.05, 4.69) is 26.2 Å². The number of pyridine rings is 1. The molecule has 0 spiro atoms. The normalized spacial score (nSPS) is 10.7. The van der Waals surface area contributed by atoms with Gasteiger partial charge < -0.3 is 5.32 Å². The summed E-state index contributed by atoms with van der Waals surface area (Å²) < 4.78 is 0.894. The van der Waals surface area contributed by atoms with Crippen LogP contribution in [0.1, 0.15) is 10.4 Å². The Kier molecular flexibility index (Phi) is 5.61. The van der Waals surface area contributed by atoms with Gasteiger partial charge in [-0.05, 0) is 30.3 Å². The number of non-ortho nitro benzene ring substituents is 1. The molecule has 4 aromatic rings. The third kappa shape index (κ3) is 4.16. The van der Waals surface area contributed by atoms with Crippen LogP contribution in [0.5, 0.6) is 0 Å². The van der Waals surface area contributed by atoms with Gasteiger partial charge in [-0.3, -0.25) is 25.0 Å². The highest BCUT2D eigenvalue weighted by atomic mass is 79.9. The molecular weight excluding hydrogens is 480 g/mol. The minimum Gasteiger partial charge on any atom is -0.316 e. The number of halogens is 1. The van der Waals surface area contributed by atoms with E-state index in [9.17, 15) is 25.0 Å². The Bertz CT molecular complexity index is 1390. The first-order valence-corrected chi connectivity index (χ1v) is 10.0. The molecular formula is C22H13BrN4O5. The van der Waals surface area contributed by atoms with Crippen LogP contribution in [0.25, 0.3) is 22.2 Å². The van der Waals surface area contributed by atoms with E-state index < -0.39 is 27.1 Å². The van der Waals surface area contributed by atoms with Crippen molar-refractivity contribution < 1.29 is 14.6 Å². The summed E-state index contributed by atoms with van der Waals surface area (Å²) in [6.07, 6.45) is 0. The highest BCUT2D eigenvalue weighted by Crippen LogP contribution is 2.31. The molecule has 1 N–H and O–H groups in total. The predicted molar refractivity (Wildman–Crippen MR) is 123 cm³/mol. The number of para-hydroxylation sites is 1. The van der Waals surface area contributed by atoms with Crippen molar-refractivity contribution in [2.45, 2.75) is 0 Å². The van der Waals surface area contributed by atoms with Gasteiger partial charge in [0.15, 0.2) is 0 Å². The summed E-state index contributed by atoms with van der Waals surface area (Å²) in [6.45, 7) is 0. The van der Waals surface area contributed by atoms with Gasteiger partial charge in [-0.2, -0.15) is 0 Å².